The SMILES string of the molecule is CC(C)n1nc([C@H](c2cn3ncc([C@@H](COC4CC4)N4CC(F)(F)CNC4=O)cc3n2)C2CCC(F)(F)CC2)cc1C(N)=O. The molecule has 0 spiro atoms. The maximum atomic E-state index is 14.4. The van der Waals surface area contributed by atoms with E-state index < -0.39 is 48.8 Å². The van der Waals surface area contributed by atoms with Gasteiger partial charge in [-0.1, -0.05) is 0 Å². The van der Waals surface area contributed by atoms with Crippen LogP contribution in [0.15, 0.2) is 24.5 Å². The van der Waals surface area contributed by atoms with E-state index in [9.17, 15) is 27.2 Å². The van der Waals surface area contributed by atoms with Crippen LogP contribution in [0.25, 0.3) is 5.65 Å². The first-order valence-corrected chi connectivity index (χ1v) is 15.0. The van der Waals surface area contributed by atoms with E-state index in [-0.39, 0.29) is 56.0 Å². The van der Waals surface area contributed by atoms with E-state index in [1.54, 1.807) is 18.3 Å². The molecule has 44 heavy (non-hydrogen) atoms. The predicted molar refractivity (Wildman–Crippen MR) is 150 cm³/mol. The third-order valence-corrected chi connectivity index (χ3v) is 8.66. The quantitative estimate of drug-likeness (QED) is 0.322. The molecule has 0 bridgehead atoms. The fourth-order valence-electron chi connectivity index (χ4n) is 6.18. The highest BCUT2D eigenvalue weighted by Crippen LogP contribution is 2.45. The van der Waals surface area contributed by atoms with Crippen LogP contribution in [0, 0.1) is 5.92 Å². The van der Waals surface area contributed by atoms with Gasteiger partial charge in [-0.3, -0.25) is 9.48 Å². The molecule has 2 saturated carbocycles. The number of fused-ring (bicyclic) bond motifs is 1. The third-order valence-electron chi connectivity index (χ3n) is 8.66. The van der Waals surface area contributed by atoms with Gasteiger partial charge in [0.2, 0.25) is 5.92 Å². The Hall–Kier alpha value is -3.75. The molecule has 3 fully saturated rings. The van der Waals surface area contributed by atoms with Crippen molar-refractivity contribution in [2.24, 2.45) is 11.7 Å². The smallest absolute Gasteiger partial charge is 0.318 e. The number of nitrogens with zero attached hydrogens (tertiary/aromatic N) is 6. The summed E-state index contributed by atoms with van der Waals surface area (Å²) in [7, 11) is 0. The van der Waals surface area contributed by atoms with Crippen molar-refractivity contribution >= 4 is 17.6 Å². The Morgan fingerprint density at radius 3 is 2.48 bits per heavy atom. The van der Waals surface area contributed by atoms with Gasteiger partial charge >= 0.3 is 6.03 Å². The zero-order valence-corrected chi connectivity index (χ0v) is 24.6. The zero-order chi connectivity index (χ0) is 31.4. The van der Waals surface area contributed by atoms with Crippen LogP contribution in [0.2, 0.25) is 0 Å². The van der Waals surface area contributed by atoms with Crippen LogP contribution in [0.4, 0.5) is 22.4 Å². The number of nitrogens with one attached hydrogen (secondary N) is 1. The van der Waals surface area contributed by atoms with E-state index in [0.717, 1.165) is 17.7 Å². The Morgan fingerprint density at radius 1 is 1.11 bits per heavy atom. The summed E-state index contributed by atoms with van der Waals surface area (Å²) in [6.07, 6.45) is 4.85. The molecule has 0 aromatic carbocycles. The summed E-state index contributed by atoms with van der Waals surface area (Å²) in [6, 6.07) is 1.63. The van der Waals surface area contributed by atoms with Crippen LogP contribution in [-0.2, 0) is 4.74 Å². The van der Waals surface area contributed by atoms with Crippen molar-refractivity contribution in [1.82, 2.24) is 34.6 Å². The average Bonchev–Trinajstić information content (AvgIpc) is 3.51. The first kappa shape index (κ1) is 30.3. The van der Waals surface area contributed by atoms with Gasteiger partial charge < -0.3 is 20.7 Å². The predicted octanol–water partition coefficient (Wildman–Crippen LogP) is 4.44. The van der Waals surface area contributed by atoms with Crippen LogP contribution < -0.4 is 11.1 Å². The first-order valence-electron chi connectivity index (χ1n) is 15.0. The van der Waals surface area contributed by atoms with Gasteiger partial charge in [0.05, 0.1) is 55.6 Å². The molecule has 3 N–H and O–H groups in total. The summed E-state index contributed by atoms with van der Waals surface area (Å²) in [4.78, 5) is 30.8. The van der Waals surface area contributed by atoms with Crippen molar-refractivity contribution in [2.75, 3.05) is 19.7 Å². The number of aromatic nitrogens is 5. The van der Waals surface area contributed by atoms with Crippen LogP contribution in [0.3, 0.4) is 0 Å². The standard InChI is InChI=1S/C29H36F4N8O3/c1-16(2)41-22(26(34)42)10-20(38-41)25(17-5-7-28(30,31)8-6-17)21-12-40-24(37-21)9-18(11-36-40)23(13-44-19-3-4-19)39-15-29(32,33)14-35-27(39)43/h9-12,16-17,19,23,25H,3-8,13-15H2,1-2H3,(H2,34,42)(H,35,43)/t23-,25-/m1/s1. The number of rotatable bonds is 10. The highest BCUT2D eigenvalue weighted by atomic mass is 19.3. The fourth-order valence-corrected chi connectivity index (χ4v) is 6.18. The minimum atomic E-state index is -3.11. The van der Waals surface area contributed by atoms with Crippen molar-refractivity contribution in [1.29, 1.82) is 0 Å². The number of primary amides is 1. The number of alkyl halides is 4. The number of ether oxygens (including phenoxy) is 1. The molecule has 0 radical (unpaired) electrons. The van der Waals surface area contributed by atoms with Gasteiger partial charge in [0, 0.05) is 30.4 Å². The number of urea groups is 1. The molecule has 1 saturated heterocycles. The van der Waals surface area contributed by atoms with Gasteiger partial charge in [0.25, 0.3) is 11.8 Å². The van der Waals surface area contributed by atoms with Crippen molar-refractivity contribution in [2.45, 2.75) is 88.3 Å². The summed E-state index contributed by atoms with van der Waals surface area (Å²) in [5.74, 6) is -7.29. The lowest BCUT2D eigenvalue weighted by Crippen LogP contribution is -2.58. The molecule has 11 nitrogen and oxygen atoms in total. The molecule has 238 valence electrons. The van der Waals surface area contributed by atoms with E-state index in [2.05, 4.69) is 15.5 Å². The number of hydrogen-bond acceptors (Lipinski definition) is 6. The molecule has 4 heterocycles. The normalized spacial score (nSPS) is 21.9. The Bertz CT molecular complexity index is 1540. The van der Waals surface area contributed by atoms with Gasteiger partial charge in [0.15, 0.2) is 5.65 Å². The molecule has 1 aliphatic heterocycles. The van der Waals surface area contributed by atoms with Gasteiger partial charge in [-0.2, -0.15) is 10.2 Å². The summed E-state index contributed by atoms with van der Waals surface area (Å²) in [6.45, 7) is 2.23. The van der Waals surface area contributed by atoms with Crippen molar-refractivity contribution < 1.29 is 31.9 Å². The summed E-state index contributed by atoms with van der Waals surface area (Å²) in [5.41, 5.74) is 7.71. The molecular formula is C29H36F4N8O3. The van der Waals surface area contributed by atoms with E-state index in [4.69, 9.17) is 15.5 Å². The molecule has 6 rings (SSSR count). The molecule has 3 aromatic rings. The highest BCUT2D eigenvalue weighted by molar-refractivity contribution is 5.91. The van der Waals surface area contributed by atoms with Gasteiger partial charge in [-0.25, -0.2) is 31.9 Å². The Morgan fingerprint density at radius 2 is 1.84 bits per heavy atom. The molecule has 0 unspecified atom stereocenters. The van der Waals surface area contributed by atoms with Crippen molar-refractivity contribution in [3.05, 3.63) is 47.2 Å². The van der Waals surface area contributed by atoms with E-state index in [1.165, 1.54) is 15.4 Å². The Balaban J connectivity index is 1.38. The molecular weight excluding hydrogens is 584 g/mol. The average molecular weight is 621 g/mol. The summed E-state index contributed by atoms with van der Waals surface area (Å²) in [5, 5.41) is 11.4. The lowest BCUT2D eigenvalue weighted by Gasteiger charge is -2.38. The van der Waals surface area contributed by atoms with E-state index in [1.807, 2.05) is 13.8 Å². The maximum absolute atomic E-state index is 14.4. The Kier molecular flexibility index (Phi) is 7.79. The maximum Gasteiger partial charge on any atom is 0.318 e. The van der Waals surface area contributed by atoms with Gasteiger partial charge in [0.1, 0.15) is 5.69 Å². The summed E-state index contributed by atoms with van der Waals surface area (Å²) < 4.78 is 66.0. The molecule has 2 aliphatic carbocycles. The second-order valence-corrected chi connectivity index (χ2v) is 12.5. The number of imidazole rings is 1. The van der Waals surface area contributed by atoms with Crippen LogP contribution in [0.1, 0.15) is 97.8 Å². The number of amides is 3. The lowest BCUT2D eigenvalue weighted by molar-refractivity contribution is -0.0542. The number of halogens is 4. The molecule has 2 atom stereocenters. The topological polar surface area (TPSA) is 133 Å². The van der Waals surface area contributed by atoms with Crippen LogP contribution in [0.5, 0.6) is 0 Å². The second-order valence-electron chi connectivity index (χ2n) is 12.5. The largest absolute Gasteiger partial charge is 0.376 e. The van der Waals surface area contributed by atoms with Crippen LogP contribution >= 0.6 is 0 Å². The molecule has 3 aliphatic rings. The van der Waals surface area contributed by atoms with Crippen molar-refractivity contribution in [3.8, 4) is 0 Å². The lowest BCUT2D eigenvalue weighted by atomic mass is 9.76. The molecule has 3 aromatic heterocycles. The van der Waals surface area contributed by atoms with E-state index >= 15 is 0 Å². The van der Waals surface area contributed by atoms with Crippen molar-refractivity contribution in [3.63, 3.8) is 0 Å². The van der Waals surface area contributed by atoms with Gasteiger partial charge in [-0.05, 0) is 57.6 Å². The van der Waals surface area contributed by atoms with Gasteiger partial charge in [-0.15, -0.1) is 0 Å². The number of nitrogens with two attached hydrogens (primary N) is 1. The zero-order valence-electron chi connectivity index (χ0n) is 24.6. The fraction of sp³-hybridized carbons (Fsp3) is 0.621. The first-order chi connectivity index (χ1) is 20.8. The minimum absolute atomic E-state index is 0.0149. The summed E-state index contributed by atoms with van der Waals surface area (Å²) >= 11 is 0. The number of hydrogen-bond donors (Lipinski definition) is 2. The third kappa shape index (κ3) is 6.24. The number of carbonyl (C=O) groups is 2. The monoisotopic (exact) mass is 620 g/mol. The highest BCUT2D eigenvalue weighted by Gasteiger charge is 2.43. The molecule has 15 heteroatoms. The second kappa shape index (κ2) is 11.3. The minimum Gasteiger partial charge on any atom is -0.376 e. The number of carbonyl (C=O) groups excluding carboxylic acids is 2. The van der Waals surface area contributed by atoms with Crippen LogP contribution in [-0.4, -0.2) is 78.9 Å². The Labute approximate surface area is 251 Å². The molecule has 3 amide bonds. The van der Waals surface area contributed by atoms with E-state index in [0.29, 0.717) is 22.6 Å².